The molecule has 0 amide bonds. The van der Waals surface area contributed by atoms with Crippen LogP contribution >= 0.6 is 0 Å². The Hall–Kier alpha value is -2.29. The third-order valence-corrected chi connectivity index (χ3v) is 3.31. The van der Waals surface area contributed by atoms with E-state index in [1.54, 1.807) is 24.3 Å². The van der Waals surface area contributed by atoms with Crippen molar-refractivity contribution in [1.29, 1.82) is 0 Å². The Labute approximate surface area is 104 Å². The lowest BCUT2D eigenvalue weighted by atomic mass is 9.92. The normalized spacial score (nSPS) is 18.6. The van der Waals surface area contributed by atoms with Crippen molar-refractivity contribution in [2.75, 3.05) is 0 Å². The van der Waals surface area contributed by atoms with Crippen LogP contribution in [0.1, 0.15) is 33.6 Å². The van der Waals surface area contributed by atoms with E-state index in [0.29, 0.717) is 29.6 Å². The highest BCUT2D eigenvalue weighted by Crippen LogP contribution is 2.29. The molecule has 3 nitrogen and oxygen atoms in total. The van der Waals surface area contributed by atoms with E-state index < -0.39 is 11.6 Å². The number of fused-ring (bicyclic) bond motifs is 1. The molecule has 0 saturated carbocycles. The summed E-state index contributed by atoms with van der Waals surface area (Å²) in [6.07, 6.45) is 4.69. The van der Waals surface area contributed by atoms with E-state index in [-0.39, 0.29) is 11.3 Å². The Morgan fingerprint density at radius 3 is 2.22 bits per heavy atom. The molecule has 1 aromatic rings. The van der Waals surface area contributed by atoms with Crippen molar-refractivity contribution < 1.29 is 14.4 Å². The highest BCUT2D eigenvalue weighted by Gasteiger charge is 2.33. The maximum atomic E-state index is 12.3. The van der Waals surface area contributed by atoms with Gasteiger partial charge >= 0.3 is 0 Å². The molecule has 18 heavy (non-hydrogen) atoms. The van der Waals surface area contributed by atoms with Crippen LogP contribution in [0.25, 0.3) is 0 Å². The van der Waals surface area contributed by atoms with Crippen molar-refractivity contribution in [2.24, 2.45) is 0 Å². The average Bonchev–Trinajstić information content (AvgIpc) is 2.51. The number of hydrogen-bond acceptors (Lipinski definition) is 3. The first-order valence-electron chi connectivity index (χ1n) is 5.82. The Kier molecular flexibility index (Phi) is 2.33. The summed E-state index contributed by atoms with van der Waals surface area (Å²) in [4.78, 5) is 36.5. The topological polar surface area (TPSA) is 51.2 Å². The van der Waals surface area contributed by atoms with Gasteiger partial charge in [0.15, 0.2) is 5.78 Å². The van der Waals surface area contributed by atoms with Gasteiger partial charge in [-0.15, -0.1) is 0 Å². The number of ketones is 3. The van der Waals surface area contributed by atoms with Crippen LogP contribution in [-0.4, -0.2) is 17.3 Å². The van der Waals surface area contributed by atoms with Gasteiger partial charge in [-0.05, 0) is 12.8 Å². The summed E-state index contributed by atoms with van der Waals surface area (Å²) in [7, 11) is 0. The van der Waals surface area contributed by atoms with E-state index in [1.807, 2.05) is 6.08 Å². The van der Waals surface area contributed by atoms with Crippen LogP contribution < -0.4 is 0 Å². The standard InChI is InChI=1S/C15H10O3/c16-13-9-5-1-3-7-11(9)14(17)15(18)12-8-4-2-6-10(12)13/h1-3,5-7H,4,8H2. The maximum absolute atomic E-state index is 12.3. The molecule has 0 spiro atoms. The second kappa shape index (κ2) is 3.88. The van der Waals surface area contributed by atoms with Gasteiger partial charge in [0.05, 0.1) is 0 Å². The van der Waals surface area contributed by atoms with Gasteiger partial charge in [0.25, 0.3) is 0 Å². The van der Waals surface area contributed by atoms with Gasteiger partial charge < -0.3 is 0 Å². The van der Waals surface area contributed by atoms with Crippen LogP contribution in [0, 0.1) is 0 Å². The zero-order valence-electron chi connectivity index (χ0n) is 9.60. The minimum Gasteiger partial charge on any atom is -0.289 e. The number of rotatable bonds is 0. The van der Waals surface area contributed by atoms with Crippen molar-refractivity contribution in [3.05, 3.63) is 58.7 Å². The fraction of sp³-hybridized carbons (Fsp3) is 0.133. The highest BCUT2D eigenvalue weighted by atomic mass is 16.2. The molecule has 0 unspecified atom stereocenters. The quantitative estimate of drug-likeness (QED) is 0.651. The Bertz CT molecular complexity index is 647. The van der Waals surface area contributed by atoms with Crippen molar-refractivity contribution in [3.63, 3.8) is 0 Å². The van der Waals surface area contributed by atoms with Gasteiger partial charge in [0.2, 0.25) is 11.6 Å². The smallest absolute Gasteiger partial charge is 0.233 e. The third-order valence-electron chi connectivity index (χ3n) is 3.31. The molecule has 0 fully saturated rings. The fourth-order valence-electron chi connectivity index (χ4n) is 2.40. The molecule has 3 rings (SSSR count). The first kappa shape index (κ1) is 10.8. The van der Waals surface area contributed by atoms with E-state index >= 15 is 0 Å². The summed E-state index contributed by atoms with van der Waals surface area (Å²) in [6.45, 7) is 0. The minimum atomic E-state index is -0.570. The monoisotopic (exact) mass is 238 g/mol. The summed E-state index contributed by atoms with van der Waals surface area (Å²) in [5, 5.41) is 0. The van der Waals surface area contributed by atoms with E-state index in [1.165, 1.54) is 6.07 Å². The molecule has 1 aromatic carbocycles. The van der Waals surface area contributed by atoms with Crippen molar-refractivity contribution >= 4 is 17.3 Å². The van der Waals surface area contributed by atoms with Gasteiger partial charge in [-0.25, -0.2) is 0 Å². The molecule has 2 aliphatic carbocycles. The Morgan fingerprint density at radius 1 is 0.833 bits per heavy atom. The molecule has 0 aromatic heterocycles. The van der Waals surface area contributed by atoms with Crippen LogP contribution in [0.2, 0.25) is 0 Å². The number of allylic oxidation sites excluding steroid dienone is 4. The molecule has 0 saturated heterocycles. The molecule has 0 atom stereocenters. The zero-order valence-corrected chi connectivity index (χ0v) is 9.60. The number of carbonyl (C=O) groups is 3. The molecule has 0 bridgehead atoms. The van der Waals surface area contributed by atoms with Crippen LogP contribution in [-0.2, 0) is 4.79 Å². The summed E-state index contributed by atoms with van der Waals surface area (Å²) < 4.78 is 0. The molecular formula is C15H10O3. The van der Waals surface area contributed by atoms with Gasteiger partial charge in [-0.3, -0.25) is 14.4 Å². The lowest BCUT2D eigenvalue weighted by Gasteiger charge is -2.10. The molecular weight excluding hydrogens is 228 g/mol. The van der Waals surface area contributed by atoms with Gasteiger partial charge in [-0.1, -0.05) is 36.4 Å². The molecule has 0 aliphatic heterocycles. The van der Waals surface area contributed by atoms with E-state index in [0.717, 1.165) is 0 Å². The van der Waals surface area contributed by atoms with Gasteiger partial charge in [0, 0.05) is 22.3 Å². The minimum absolute atomic E-state index is 0.218. The van der Waals surface area contributed by atoms with Crippen LogP contribution in [0.5, 0.6) is 0 Å². The third kappa shape index (κ3) is 1.40. The van der Waals surface area contributed by atoms with Crippen molar-refractivity contribution in [2.45, 2.75) is 12.8 Å². The SMILES string of the molecule is O=C1C(=O)c2ccccc2C(=O)C2=C1CCC=C2. The van der Waals surface area contributed by atoms with Crippen molar-refractivity contribution in [1.82, 2.24) is 0 Å². The average molecular weight is 238 g/mol. The maximum Gasteiger partial charge on any atom is 0.233 e. The first-order valence-corrected chi connectivity index (χ1v) is 5.82. The predicted octanol–water partition coefficient (Wildman–Crippen LogP) is 2.28. The van der Waals surface area contributed by atoms with E-state index in [4.69, 9.17) is 0 Å². The predicted molar refractivity (Wildman–Crippen MR) is 65.5 cm³/mol. The second-order valence-electron chi connectivity index (χ2n) is 4.37. The molecule has 88 valence electrons. The lowest BCUT2D eigenvalue weighted by Crippen LogP contribution is -2.17. The number of carbonyl (C=O) groups excluding carboxylic acids is 3. The van der Waals surface area contributed by atoms with E-state index in [2.05, 4.69) is 0 Å². The van der Waals surface area contributed by atoms with Gasteiger partial charge in [-0.2, -0.15) is 0 Å². The molecule has 3 heteroatoms. The molecule has 2 aliphatic rings. The van der Waals surface area contributed by atoms with E-state index in [9.17, 15) is 14.4 Å². The lowest BCUT2D eigenvalue weighted by molar-refractivity contribution is -0.112. The van der Waals surface area contributed by atoms with Crippen LogP contribution in [0.3, 0.4) is 0 Å². The largest absolute Gasteiger partial charge is 0.289 e. The number of hydrogen-bond donors (Lipinski definition) is 0. The Balaban J connectivity index is 2.30. The molecule has 0 radical (unpaired) electrons. The summed E-state index contributed by atoms with van der Waals surface area (Å²) >= 11 is 0. The second-order valence-corrected chi connectivity index (χ2v) is 4.37. The Morgan fingerprint density at radius 2 is 1.50 bits per heavy atom. The number of benzene rings is 1. The molecule has 0 heterocycles. The zero-order chi connectivity index (χ0) is 12.7. The fourth-order valence-corrected chi connectivity index (χ4v) is 2.40. The van der Waals surface area contributed by atoms with Crippen molar-refractivity contribution in [3.8, 4) is 0 Å². The highest BCUT2D eigenvalue weighted by molar-refractivity contribution is 6.52. The first-order chi connectivity index (χ1) is 8.70. The molecule has 0 N–H and O–H groups in total. The van der Waals surface area contributed by atoms with Gasteiger partial charge in [0.1, 0.15) is 0 Å². The van der Waals surface area contributed by atoms with Crippen LogP contribution in [0.4, 0.5) is 0 Å². The van der Waals surface area contributed by atoms with Crippen LogP contribution in [0.15, 0.2) is 47.6 Å². The number of Topliss-reactive ketones (excluding diaryl/α,β-unsaturated/α-hetero) is 3. The summed E-state index contributed by atoms with van der Waals surface area (Å²) in [5.74, 6) is -1.33. The summed E-state index contributed by atoms with van der Waals surface area (Å²) in [6, 6.07) is 6.50. The summed E-state index contributed by atoms with van der Waals surface area (Å²) in [5.41, 5.74) is 1.29.